The number of aryl methyl sites for hydroxylation is 1. The molecule has 1 aromatic heterocycles. The lowest BCUT2D eigenvalue weighted by Crippen LogP contribution is -2.23. The molecule has 0 aliphatic rings. The molecule has 0 radical (unpaired) electrons. The summed E-state index contributed by atoms with van der Waals surface area (Å²) in [5, 5.41) is 17.2. The largest absolute Gasteiger partial charge is 0.477 e. The molecule has 8 heteroatoms. The van der Waals surface area contributed by atoms with Crippen molar-refractivity contribution in [1.82, 2.24) is 4.72 Å². The minimum absolute atomic E-state index is 0.0191. The number of rotatable bonds is 6. The van der Waals surface area contributed by atoms with E-state index in [0.29, 0.717) is 12.0 Å². The SMILES string of the molecule is Cc1cc(S(=O)(=O)NCCCC#N)sc1C(=O)O. The summed E-state index contributed by atoms with van der Waals surface area (Å²) in [6.45, 7) is 1.71. The van der Waals surface area contributed by atoms with E-state index in [9.17, 15) is 13.2 Å². The monoisotopic (exact) mass is 288 g/mol. The number of nitrogens with one attached hydrogen (secondary N) is 1. The quantitative estimate of drug-likeness (QED) is 0.768. The van der Waals surface area contributed by atoms with Gasteiger partial charge in [0, 0.05) is 13.0 Å². The summed E-state index contributed by atoms with van der Waals surface area (Å²) in [6, 6.07) is 3.25. The van der Waals surface area contributed by atoms with Crippen LogP contribution in [0.4, 0.5) is 0 Å². The van der Waals surface area contributed by atoms with Gasteiger partial charge in [-0.2, -0.15) is 5.26 Å². The number of unbranched alkanes of at least 4 members (excludes halogenated alkanes) is 1. The molecule has 0 aliphatic heterocycles. The molecule has 0 aromatic carbocycles. The van der Waals surface area contributed by atoms with Gasteiger partial charge in [0.1, 0.15) is 9.09 Å². The zero-order valence-electron chi connectivity index (χ0n) is 9.63. The maximum absolute atomic E-state index is 11.8. The molecule has 1 heterocycles. The van der Waals surface area contributed by atoms with Gasteiger partial charge in [-0.05, 0) is 25.0 Å². The summed E-state index contributed by atoms with van der Waals surface area (Å²) >= 11 is 0.723. The number of aromatic carboxylic acids is 1. The summed E-state index contributed by atoms with van der Waals surface area (Å²) in [5.41, 5.74) is 0.421. The van der Waals surface area contributed by atoms with Crippen LogP contribution in [0.2, 0.25) is 0 Å². The smallest absolute Gasteiger partial charge is 0.346 e. The molecule has 6 nitrogen and oxygen atoms in total. The summed E-state index contributed by atoms with van der Waals surface area (Å²) in [6.07, 6.45) is 0.693. The van der Waals surface area contributed by atoms with Crippen LogP contribution in [0, 0.1) is 18.3 Å². The van der Waals surface area contributed by atoms with E-state index < -0.39 is 16.0 Å². The van der Waals surface area contributed by atoms with Gasteiger partial charge in [-0.15, -0.1) is 11.3 Å². The van der Waals surface area contributed by atoms with E-state index in [4.69, 9.17) is 10.4 Å². The van der Waals surface area contributed by atoms with Crippen LogP contribution in [-0.2, 0) is 10.0 Å². The lowest BCUT2D eigenvalue weighted by atomic mass is 10.3. The molecule has 0 saturated heterocycles. The Morgan fingerprint density at radius 3 is 2.78 bits per heavy atom. The highest BCUT2D eigenvalue weighted by atomic mass is 32.2. The second-order valence-corrected chi connectivity index (χ2v) is 6.59. The summed E-state index contributed by atoms with van der Waals surface area (Å²) in [7, 11) is -3.68. The number of thiophene rings is 1. The Bertz CT molecular complexity index is 584. The van der Waals surface area contributed by atoms with Crippen molar-refractivity contribution in [2.75, 3.05) is 6.54 Å². The Morgan fingerprint density at radius 1 is 1.61 bits per heavy atom. The zero-order valence-corrected chi connectivity index (χ0v) is 11.3. The maximum Gasteiger partial charge on any atom is 0.346 e. The van der Waals surface area contributed by atoms with Crippen molar-refractivity contribution in [1.29, 1.82) is 5.26 Å². The number of carboxylic acids is 1. The Labute approximate surface area is 109 Å². The van der Waals surface area contributed by atoms with E-state index in [2.05, 4.69) is 4.72 Å². The minimum Gasteiger partial charge on any atom is -0.477 e. The van der Waals surface area contributed by atoms with Gasteiger partial charge in [0.25, 0.3) is 0 Å². The first-order valence-corrected chi connectivity index (χ1v) is 7.39. The third kappa shape index (κ3) is 3.53. The molecule has 18 heavy (non-hydrogen) atoms. The molecule has 1 rings (SSSR count). The van der Waals surface area contributed by atoms with Crippen molar-refractivity contribution >= 4 is 27.3 Å². The molecule has 98 valence electrons. The molecule has 2 N–H and O–H groups in total. The van der Waals surface area contributed by atoms with Gasteiger partial charge in [0.15, 0.2) is 0 Å². The second kappa shape index (κ2) is 5.95. The van der Waals surface area contributed by atoms with Crippen LogP contribution in [0.25, 0.3) is 0 Å². The Balaban J connectivity index is 2.83. The highest BCUT2D eigenvalue weighted by Crippen LogP contribution is 2.25. The van der Waals surface area contributed by atoms with E-state index in [1.165, 1.54) is 6.07 Å². The third-order valence-electron chi connectivity index (χ3n) is 2.11. The fourth-order valence-corrected chi connectivity index (χ4v) is 3.74. The van der Waals surface area contributed by atoms with Crippen LogP contribution in [0.1, 0.15) is 28.1 Å². The van der Waals surface area contributed by atoms with Crippen molar-refractivity contribution in [2.24, 2.45) is 0 Å². The van der Waals surface area contributed by atoms with E-state index in [0.717, 1.165) is 11.3 Å². The number of sulfonamides is 1. The van der Waals surface area contributed by atoms with E-state index in [-0.39, 0.29) is 22.1 Å². The summed E-state index contributed by atoms with van der Waals surface area (Å²) < 4.78 is 25.9. The number of nitrogens with zero attached hydrogens (tertiary/aromatic N) is 1. The molecule has 0 aliphatic carbocycles. The standard InChI is InChI=1S/C10H12N2O4S2/c1-7-6-8(17-9(7)10(13)14)18(15,16)12-5-3-2-4-11/h6,12H,2-3,5H2,1H3,(H,13,14). The molecule has 0 spiro atoms. The Hall–Kier alpha value is -1.43. The van der Waals surface area contributed by atoms with Crippen LogP contribution < -0.4 is 4.72 Å². The fourth-order valence-electron chi connectivity index (χ4n) is 1.24. The van der Waals surface area contributed by atoms with Crippen molar-refractivity contribution in [3.8, 4) is 6.07 Å². The van der Waals surface area contributed by atoms with E-state index in [1.807, 2.05) is 6.07 Å². The van der Waals surface area contributed by atoms with Crippen molar-refractivity contribution in [3.63, 3.8) is 0 Å². The van der Waals surface area contributed by atoms with Crippen LogP contribution in [0.15, 0.2) is 10.3 Å². The van der Waals surface area contributed by atoms with Gasteiger partial charge in [0.2, 0.25) is 10.0 Å². The fraction of sp³-hybridized carbons (Fsp3) is 0.400. The summed E-state index contributed by atoms with van der Waals surface area (Å²) in [4.78, 5) is 10.8. The van der Waals surface area contributed by atoms with Crippen molar-refractivity contribution < 1.29 is 18.3 Å². The van der Waals surface area contributed by atoms with Crippen LogP contribution >= 0.6 is 11.3 Å². The van der Waals surface area contributed by atoms with E-state index in [1.54, 1.807) is 6.92 Å². The number of carboxylic acid groups (broad SMARTS) is 1. The van der Waals surface area contributed by atoms with Crippen molar-refractivity contribution in [2.45, 2.75) is 24.0 Å². The molecule has 0 bridgehead atoms. The average molecular weight is 288 g/mol. The molecule has 0 saturated carbocycles. The lowest BCUT2D eigenvalue weighted by Gasteiger charge is -2.02. The van der Waals surface area contributed by atoms with Crippen molar-refractivity contribution in [3.05, 3.63) is 16.5 Å². The lowest BCUT2D eigenvalue weighted by molar-refractivity contribution is 0.0701. The number of hydrogen-bond donors (Lipinski definition) is 2. The van der Waals surface area contributed by atoms with Gasteiger partial charge >= 0.3 is 5.97 Å². The molecule has 1 aromatic rings. The Kier molecular flexibility index (Phi) is 4.84. The highest BCUT2D eigenvalue weighted by Gasteiger charge is 2.21. The van der Waals surface area contributed by atoms with Crippen LogP contribution in [0.5, 0.6) is 0 Å². The first-order chi connectivity index (χ1) is 8.38. The summed E-state index contributed by atoms with van der Waals surface area (Å²) in [5.74, 6) is -1.14. The minimum atomic E-state index is -3.68. The highest BCUT2D eigenvalue weighted by molar-refractivity contribution is 7.91. The number of nitriles is 1. The first-order valence-electron chi connectivity index (χ1n) is 5.09. The van der Waals surface area contributed by atoms with Gasteiger partial charge in [-0.1, -0.05) is 0 Å². The molecule has 0 amide bonds. The topological polar surface area (TPSA) is 107 Å². The average Bonchev–Trinajstić information content (AvgIpc) is 2.68. The maximum atomic E-state index is 11.8. The predicted molar refractivity (Wildman–Crippen MR) is 66.1 cm³/mol. The molecular formula is C10H12N2O4S2. The predicted octanol–water partition coefficient (Wildman–Crippen LogP) is 1.34. The normalized spacial score (nSPS) is 11.1. The Morgan fingerprint density at radius 2 is 2.28 bits per heavy atom. The number of hydrogen-bond acceptors (Lipinski definition) is 5. The van der Waals surface area contributed by atoms with Gasteiger partial charge in [-0.25, -0.2) is 17.9 Å². The third-order valence-corrected chi connectivity index (χ3v) is 5.27. The number of carbonyl (C=O) groups is 1. The first kappa shape index (κ1) is 14.6. The molecule has 0 fully saturated rings. The van der Waals surface area contributed by atoms with Crippen LogP contribution in [0.3, 0.4) is 0 Å². The second-order valence-electron chi connectivity index (χ2n) is 3.54. The van der Waals surface area contributed by atoms with E-state index >= 15 is 0 Å². The zero-order chi connectivity index (χ0) is 13.8. The van der Waals surface area contributed by atoms with Gasteiger partial charge < -0.3 is 5.11 Å². The molecular weight excluding hydrogens is 276 g/mol. The van der Waals surface area contributed by atoms with Gasteiger partial charge in [-0.3, -0.25) is 0 Å². The molecule has 0 atom stereocenters. The van der Waals surface area contributed by atoms with Gasteiger partial charge in [0.05, 0.1) is 6.07 Å². The van der Waals surface area contributed by atoms with Crippen LogP contribution in [-0.4, -0.2) is 26.0 Å². The molecule has 0 unspecified atom stereocenters.